The molecule has 0 bridgehead atoms. The molecule has 2 aromatic carbocycles. The van der Waals surface area contributed by atoms with E-state index < -0.39 is 0 Å². The number of primary amides is 1. The van der Waals surface area contributed by atoms with Crippen LogP contribution in [0, 0.1) is 11.8 Å². The quantitative estimate of drug-likeness (QED) is 0.509. The Kier molecular flexibility index (Phi) is 4.73. The summed E-state index contributed by atoms with van der Waals surface area (Å²) < 4.78 is 0. The lowest BCUT2D eigenvalue weighted by molar-refractivity contribution is -0.117. The number of amides is 1. The zero-order chi connectivity index (χ0) is 20.7. The minimum atomic E-state index is -0.300. The van der Waals surface area contributed by atoms with Crippen LogP contribution < -0.4 is 22.1 Å². The molecule has 6 nitrogen and oxygen atoms in total. The molecule has 4 unspecified atom stereocenters. The summed E-state index contributed by atoms with van der Waals surface area (Å²) in [5.74, 6) is 1.34. The third-order valence-corrected chi connectivity index (χ3v) is 6.25. The molecule has 4 atom stereocenters. The van der Waals surface area contributed by atoms with Gasteiger partial charge in [-0.05, 0) is 40.7 Å². The molecule has 6 heteroatoms. The first-order valence-electron chi connectivity index (χ1n) is 10.3. The third kappa shape index (κ3) is 3.56. The van der Waals surface area contributed by atoms with Crippen molar-refractivity contribution in [3.05, 3.63) is 72.3 Å². The summed E-state index contributed by atoms with van der Waals surface area (Å²) in [6.45, 7) is 1.23. The molecule has 6 N–H and O–H groups in total. The second kappa shape index (κ2) is 7.55. The Hall–Kier alpha value is -3.22. The van der Waals surface area contributed by atoms with Gasteiger partial charge in [0.05, 0.1) is 12.2 Å². The number of carbonyl (C=O) groups is 1. The normalized spacial score (nSPS) is 24.4. The van der Waals surface area contributed by atoms with Crippen LogP contribution >= 0.6 is 0 Å². The topological polar surface area (TPSA) is 106 Å². The van der Waals surface area contributed by atoms with Crippen molar-refractivity contribution in [3.63, 3.8) is 0 Å². The monoisotopic (exact) mass is 399 g/mol. The molecular weight excluding hydrogens is 374 g/mol. The highest BCUT2D eigenvalue weighted by Crippen LogP contribution is 2.51. The maximum absolute atomic E-state index is 11.0. The van der Waals surface area contributed by atoms with Crippen molar-refractivity contribution in [1.82, 2.24) is 15.6 Å². The van der Waals surface area contributed by atoms with E-state index in [0.717, 1.165) is 17.8 Å². The molecule has 3 aromatic rings. The predicted octanol–water partition coefficient (Wildman–Crippen LogP) is 2.33. The summed E-state index contributed by atoms with van der Waals surface area (Å²) in [6, 6.07) is 23.5. The van der Waals surface area contributed by atoms with Crippen LogP contribution in [0.1, 0.15) is 11.6 Å². The van der Waals surface area contributed by atoms with E-state index in [2.05, 4.69) is 64.1 Å². The molecule has 2 heterocycles. The molecule has 5 rings (SSSR count). The Morgan fingerprint density at radius 3 is 2.33 bits per heavy atom. The highest BCUT2D eigenvalue weighted by Gasteiger charge is 2.58. The van der Waals surface area contributed by atoms with Gasteiger partial charge < -0.3 is 22.1 Å². The number of anilines is 1. The van der Waals surface area contributed by atoms with E-state index >= 15 is 0 Å². The van der Waals surface area contributed by atoms with Gasteiger partial charge in [-0.15, -0.1) is 0 Å². The molecule has 2 aliphatic rings. The van der Waals surface area contributed by atoms with Gasteiger partial charge in [-0.25, -0.2) is 4.98 Å². The number of piperidine rings is 1. The predicted molar refractivity (Wildman–Crippen MR) is 118 cm³/mol. The SMILES string of the molecule is NC(=O)CNC1C2CNC(c3ccc(-c4ccc(-c5cccc(N)n5)cc4)cc3)C21. The Balaban J connectivity index is 1.28. The van der Waals surface area contributed by atoms with Crippen LogP contribution in [-0.2, 0) is 4.79 Å². The van der Waals surface area contributed by atoms with Gasteiger partial charge in [0.2, 0.25) is 5.91 Å². The number of benzene rings is 2. The average molecular weight is 399 g/mol. The molecule has 0 radical (unpaired) electrons. The number of hydrogen-bond acceptors (Lipinski definition) is 5. The molecule has 1 aliphatic carbocycles. The molecule has 2 fully saturated rings. The van der Waals surface area contributed by atoms with E-state index in [0.29, 0.717) is 29.7 Å². The number of pyridine rings is 1. The Morgan fingerprint density at radius 2 is 1.67 bits per heavy atom. The van der Waals surface area contributed by atoms with E-state index in [1.54, 1.807) is 6.07 Å². The third-order valence-electron chi connectivity index (χ3n) is 6.25. The number of aromatic nitrogens is 1. The minimum absolute atomic E-state index is 0.254. The minimum Gasteiger partial charge on any atom is -0.384 e. The Labute approximate surface area is 175 Å². The number of nitrogens with zero attached hydrogens (tertiary/aromatic N) is 1. The number of nitrogens with one attached hydrogen (secondary N) is 2. The summed E-state index contributed by atoms with van der Waals surface area (Å²) in [7, 11) is 0. The standard InChI is InChI=1S/C24H25N5O/c25-20-3-1-2-19(29-20)16-8-4-14(5-9-16)15-6-10-17(11-7-15)23-22-18(12-27-23)24(22)28-13-21(26)30/h1-11,18,22-24,27-28H,12-13H2,(H2,25,29)(H2,26,30). The lowest BCUT2D eigenvalue weighted by atomic mass is 9.98. The van der Waals surface area contributed by atoms with Gasteiger partial charge in [-0.1, -0.05) is 54.6 Å². The summed E-state index contributed by atoms with van der Waals surface area (Å²) in [4.78, 5) is 15.4. The fraction of sp³-hybridized carbons (Fsp3) is 0.250. The molecule has 1 saturated heterocycles. The lowest BCUT2D eigenvalue weighted by Crippen LogP contribution is -2.35. The summed E-state index contributed by atoms with van der Waals surface area (Å²) in [5.41, 5.74) is 16.6. The number of rotatable bonds is 6. The number of nitrogens with two attached hydrogens (primary N) is 2. The summed E-state index contributed by atoms with van der Waals surface area (Å²) in [6.07, 6.45) is 0. The lowest BCUT2D eigenvalue weighted by Gasteiger charge is -2.17. The van der Waals surface area contributed by atoms with Crippen LogP contribution in [0.3, 0.4) is 0 Å². The maximum Gasteiger partial charge on any atom is 0.231 e. The number of nitrogen functional groups attached to an aromatic ring is 1. The van der Waals surface area contributed by atoms with Gasteiger partial charge in [-0.2, -0.15) is 0 Å². The van der Waals surface area contributed by atoms with Crippen LogP contribution in [0.2, 0.25) is 0 Å². The Morgan fingerprint density at radius 1 is 1.00 bits per heavy atom. The van der Waals surface area contributed by atoms with Crippen LogP contribution in [0.4, 0.5) is 5.82 Å². The maximum atomic E-state index is 11.0. The summed E-state index contributed by atoms with van der Waals surface area (Å²) in [5, 5.41) is 6.90. The average Bonchev–Trinajstić information content (AvgIpc) is 3.27. The van der Waals surface area contributed by atoms with Crippen molar-refractivity contribution in [2.45, 2.75) is 12.1 Å². The first-order chi connectivity index (χ1) is 14.6. The van der Waals surface area contributed by atoms with Gasteiger partial charge in [-0.3, -0.25) is 4.79 Å². The largest absolute Gasteiger partial charge is 0.384 e. The van der Waals surface area contributed by atoms with Gasteiger partial charge in [0.15, 0.2) is 0 Å². The van der Waals surface area contributed by atoms with Crippen LogP contribution in [-0.4, -0.2) is 30.0 Å². The van der Waals surface area contributed by atoms with E-state index in [4.69, 9.17) is 11.5 Å². The highest BCUT2D eigenvalue weighted by atomic mass is 16.1. The molecule has 152 valence electrons. The van der Waals surface area contributed by atoms with Crippen LogP contribution in [0.15, 0.2) is 66.7 Å². The highest BCUT2D eigenvalue weighted by molar-refractivity contribution is 5.76. The zero-order valence-electron chi connectivity index (χ0n) is 16.6. The first-order valence-corrected chi connectivity index (χ1v) is 10.3. The van der Waals surface area contributed by atoms with Crippen molar-refractivity contribution in [1.29, 1.82) is 0 Å². The Bertz CT molecular complexity index is 1060. The fourth-order valence-corrected chi connectivity index (χ4v) is 4.69. The van der Waals surface area contributed by atoms with E-state index in [-0.39, 0.29) is 12.5 Å². The molecule has 0 spiro atoms. The van der Waals surface area contributed by atoms with Gasteiger partial charge >= 0.3 is 0 Å². The molecule has 1 amide bonds. The first kappa shape index (κ1) is 18.8. The molecule has 30 heavy (non-hydrogen) atoms. The fourth-order valence-electron chi connectivity index (χ4n) is 4.69. The van der Waals surface area contributed by atoms with E-state index in [1.165, 1.54) is 16.7 Å². The number of carbonyl (C=O) groups excluding carboxylic acids is 1. The van der Waals surface area contributed by atoms with E-state index in [9.17, 15) is 4.79 Å². The van der Waals surface area contributed by atoms with Crippen molar-refractivity contribution in [2.75, 3.05) is 18.8 Å². The smallest absolute Gasteiger partial charge is 0.231 e. The van der Waals surface area contributed by atoms with Gasteiger partial charge in [0.25, 0.3) is 0 Å². The zero-order valence-corrected chi connectivity index (χ0v) is 16.6. The van der Waals surface area contributed by atoms with E-state index in [1.807, 2.05) is 12.1 Å². The van der Waals surface area contributed by atoms with Gasteiger partial charge in [0.1, 0.15) is 5.82 Å². The second-order valence-electron chi connectivity index (χ2n) is 8.15. The molecule has 1 aliphatic heterocycles. The number of fused-ring (bicyclic) bond motifs is 1. The van der Waals surface area contributed by atoms with Crippen molar-refractivity contribution in [2.24, 2.45) is 17.6 Å². The van der Waals surface area contributed by atoms with Crippen molar-refractivity contribution < 1.29 is 4.79 Å². The van der Waals surface area contributed by atoms with Gasteiger partial charge in [0, 0.05) is 24.2 Å². The van der Waals surface area contributed by atoms with Crippen LogP contribution in [0.5, 0.6) is 0 Å². The van der Waals surface area contributed by atoms with Crippen molar-refractivity contribution >= 4 is 11.7 Å². The second-order valence-corrected chi connectivity index (χ2v) is 8.15. The molecular formula is C24H25N5O. The molecule has 1 saturated carbocycles. The van der Waals surface area contributed by atoms with Crippen molar-refractivity contribution in [3.8, 4) is 22.4 Å². The van der Waals surface area contributed by atoms with Crippen LogP contribution in [0.25, 0.3) is 22.4 Å². The number of hydrogen-bond donors (Lipinski definition) is 4. The summed E-state index contributed by atoms with van der Waals surface area (Å²) >= 11 is 0. The molecule has 1 aromatic heterocycles.